The minimum Gasteiger partial charge on any atom is -0.457 e. The molecule has 0 amide bonds. The van der Waals surface area contributed by atoms with Crippen LogP contribution < -0.4 is 0 Å². The van der Waals surface area contributed by atoms with Gasteiger partial charge in [-0.2, -0.15) is 0 Å². The lowest BCUT2D eigenvalue weighted by Crippen LogP contribution is -2.53. The third-order valence-corrected chi connectivity index (χ3v) is 19.5. The SMILES string of the molecule is C=C[C@H](C)[C@H](O[Si](C)(C)C(C)(C)C)[C@@H](C)C(=O)C(C)(C)[C@H](CC(=O)O[C@H]1CC=C(C)CC=C1C)O[Si](CC)(CC)CC. The fourth-order valence-electron chi connectivity index (χ4n) is 5.49. The van der Waals surface area contributed by atoms with E-state index in [1.165, 1.54) is 5.57 Å². The lowest BCUT2D eigenvalue weighted by molar-refractivity contribution is -0.153. The highest BCUT2D eigenvalue weighted by molar-refractivity contribution is 6.74. The number of esters is 1. The molecule has 0 saturated carbocycles. The summed E-state index contributed by atoms with van der Waals surface area (Å²) in [7, 11) is -4.33. The van der Waals surface area contributed by atoms with Gasteiger partial charge in [0, 0.05) is 17.8 Å². The third kappa shape index (κ3) is 9.86. The molecule has 0 unspecified atom stereocenters. The summed E-state index contributed by atoms with van der Waals surface area (Å²) >= 11 is 0. The van der Waals surface area contributed by atoms with E-state index in [2.05, 4.69) is 87.2 Å². The van der Waals surface area contributed by atoms with Crippen LogP contribution >= 0.6 is 0 Å². The molecule has 0 radical (unpaired) electrons. The molecule has 5 atom stereocenters. The van der Waals surface area contributed by atoms with Gasteiger partial charge in [0.15, 0.2) is 16.6 Å². The van der Waals surface area contributed by atoms with Crippen LogP contribution in [-0.2, 0) is 23.2 Å². The maximum absolute atomic E-state index is 14.5. The second kappa shape index (κ2) is 15.6. The lowest BCUT2D eigenvalue weighted by Gasteiger charge is -2.45. The summed E-state index contributed by atoms with van der Waals surface area (Å²) in [6, 6.07) is 2.81. The molecule has 0 heterocycles. The summed E-state index contributed by atoms with van der Waals surface area (Å²) in [5, 5.41) is 0.00666. The first-order valence-electron chi connectivity index (χ1n) is 16.3. The van der Waals surface area contributed by atoms with Crippen molar-refractivity contribution in [3.8, 4) is 0 Å². The molecule has 1 aliphatic rings. The number of ketones is 1. The molecule has 42 heavy (non-hydrogen) atoms. The molecule has 0 aliphatic heterocycles. The predicted molar refractivity (Wildman–Crippen MR) is 183 cm³/mol. The van der Waals surface area contributed by atoms with Crippen LogP contribution in [0.2, 0.25) is 36.3 Å². The van der Waals surface area contributed by atoms with Gasteiger partial charge in [0.05, 0.1) is 18.6 Å². The van der Waals surface area contributed by atoms with Crippen LogP contribution in [0.5, 0.6) is 0 Å². The molecule has 0 aromatic heterocycles. The second-order valence-corrected chi connectivity index (χ2v) is 24.3. The quantitative estimate of drug-likeness (QED) is 0.0976. The molecule has 242 valence electrons. The monoisotopic (exact) mass is 620 g/mol. The number of carbonyl (C=O) groups is 2. The van der Waals surface area contributed by atoms with Crippen molar-refractivity contribution in [1.82, 2.24) is 0 Å². The van der Waals surface area contributed by atoms with Crippen molar-refractivity contribution in [2.24, 2.45) is 17.3 Å². The van der Waals surface area contributed by atoms with Gasteiger partial charge in [-0.05, 0) is 68.0 Å². The van der Waals surface area contributed by atoms with E-state index in [1.807, 2.05) is 33.8 Å². The molecule has 0 saturated heterocycles. The van der Waals surface area contributed by atoms with Gasteiger partial charge < -0.3 is 13.6 Å². The molecule has 5 nitrogen and oxygen atoms in total. The van der Waals surface area contributed by atoms with Gasteiger partial charge in [0.25, 0.3) is 0 Å². The van der Waals surface area contributed by atoms with E-state index in [9.17, 15) is 9.59 Å². The van der Waals surface area contributed by atoms with E-state index in [1.54, 1.807) is 0 Å². The Kier molecular flexibility index (Phi) is 14.4. The number of allylic oxidation sites excluding steroid dienone is 2. The molecule has 0 N–H and O–H groups in total. The molecule has 0 fully saturated rings. The first-order chi connectivity index (χ1) is 19.2. The van der Waals surface area contributed by atoms with Crippen LogP contribution in [0.3, 0.4) is 0 Å². The second-order valence-electron chi connectivity index (χ2n) is 14.8. The number of ether oxygens (including phenoxy) is 1. The number of hydrogen-bond acceptors (Lipinski definition) is 5. The highest BCUT2D eigenvalue weighted by Crippen LogP contribution is 2.42. The smallest absolute Gasteiger partial charge is 0.309 e. The number of Topliss-reactive ketones (excluding diaryl/α,β-unsaturated/α-hetero) is 1. The normalized spacial score (nSPS) is 20.0. The number of rotatable bonds is 16. The number of hydrogen-bond donors (Lipinski definition) is 0. The molecule has 0 bridgehead atoms. The lowest BCUT2D eigenvalue weighted by atomic mass is 9.73. The highest BCUT2D eigenvalue weighted by atomic mass is 28.4. The first-order valence-corrected chi connectivity index (χ1v) is 21.7. The van der Waals surface area contributed by atoms with Crippen molar-refractivity contribution in [2.75, 3.05) is 0 Å². The molecule has 0 aromatic rings. The summed E-state index contributed by atoms with van der Waals surface area (Å²) in [6.45, 7) is 33.8. The molecule has 7 heteroatoms. The Balaban J connectivity index is 3.44. The Morgan fingerprint density at radius 1 is 1.00 bits per heavy atom. The Bertz CT molecular complexity index is 976. The summed E-state index contributed by atoms with van der Waals surface area (Å²) < 4.78 is 20.0. The Morgan fingerprint density at radius 2 is 1.55 bits per heavy atom. The van der Waals surface area contributed by atoms with Crippen LogP contribution in [0.15, 0.2) is 36.0 Å². The maximum atomic E-state index is 14.5. The van der Waals surface area contributed by atoms with Crippen LogP contribution in [-0.4, -0.2) is 46.7 Å². The van der Waals surface area contributed by atoms with Crippen LogP contribution in [0.1, 0.15) is 102 Å². The number of carbonyl (C=O) groups excluding carboxylic acids is 2. The van der Waals surface area contributed by atoms with E-state index in [4.69, 9.17) is 13.6 Å². The van der Waals surface area contributed by atoms with E-state index in [-0.39, 0.29) is 41.3 Å². The standard InChI is InChI=1S/C35H64O5Si2/c1-16-26(6)32(40-41(14,15)34(9,10)11)28(8)33(37)35(12,13)30(39-42(17-2,18-3)19-4)24-31(36)38-29-23-21-25(5)20-22-27(29)7/h16,21-22,26,28-30,32H,1,17-20,23-24H2,2-15H3/t26-,28+,29-,30-,32-/m0/s1. The molecule has 0 spiro atoms. The largest absolute Gasteiger partial charge is 0.457 e. The minimum absolute atomic E-state index is 0.00453. The van der Waals surface area contributed by atoms with Gasteiger partial charge in [-0.15, -0.1) is 6.58 Å². The topological polar surface area (TPSA) is 61.8 Å². The van der Waals surface area contributed by atoms with Crippen molar-refractivity contribution in [3.05, 3.63) is 36.0 Å². The van der Waals surface area contributed by atoms with Gasteiger partial charge >= 0.3 is 5.97 Å². The van der Waals surface area contributed by atoms with Crippen molar-refractivity contribution in [2.45, 2.75) is 157 Å². The zero-order valence-electron chi connectivity index (χ0n) is 29.6. The highest BCUT2D eigenvalue weighted by Gasteiger charge is 2.49. The first kappa shape index (κ1) is 38.7. The van der Waals surface area contributed by atoms with E-state index < -0.39 is 34.1 Å². The van der Waals surface area contributed by atoms with Gasteiger partial charge in [0.2, 0.25) is 0 Å². The van der Waals surface area contributed by atoms with Crippen molar-refractivity contribution in [1.29, 1.82) is 0 Å². The molecular weight excluding hydrogens is 557 g/mol. The van der Waals surface area contributed by atoms with E-state index in [0.29, 0.717) is 6.42 Å². The van der Waals surface area contributed by atoms with Crippen LogP contribution in [0.4, 0.5) is 0 Å². The fourth-order valence-corrected chi connectivity index (χ4v) is 9.92. The molecule has 1 rings (SSSR count). The van der Waals surface area contributed by atoms with Gasteiger partial charge in [-0.3, -0.25) is 9.59 Å². The Hall–Kier alpha value is -1.29. The van der Waals surface area contributed by atoms with Gasteiger partial charge in [0.1, 0.15) is 11.9 Å². The predicted octanol–water partition coefficient (Wildman–Crippen LogP) is 9.81. The van der Waals surface area contributed by atoms with Crippen LogP contribution in [0.25, 0.3) is 0 Å². The molecule has 0 aromatic carbocycles. The van der Waals surface area contributed by atoms with E-state index in [0.717, 1.165) is 30.1 Å². The average Bonchev–Trinajstić information content (AvgIpc) is 3.08. The zero-order chi connectivity index (χ0) is 32.7. The van der Waals surface area contributed by atoms with Gasteiger partial charge in [-0.1, -0.05) is 93.0 Å². The van der Waals surface area contributed by atoms with Gasteiger partial charge in [-0.25, -0.2) is 0 Å². The maximum Gasteiger partial charge on any atom is 0.309 e. The van der Waals surface area contributed by atoms with Crippen molar-refractivity contribution in [3.63, 3.8) is 0 Å². The van der Waals surface area contributed by atoms with Crippen LogP contribution in [0, 0.1) is 17.3 Å². The molecule has 1 aliphatic carbocycles. The summed E-state index contributed by atoms with van der Waals surface area (Å²) in [6.07, 6.45) is 6.63. The average molecular weight is 621 g/mol. The zero-order valence-corrected chi connectivity index (χ0v) is 31.6. The Labute approximate surface area is 261 Å². The summed E-state index contributed by atoms with van der Waals surface area (Å²) in [5.41, 5.74) is 1.43. The fraction of sp³-hybridized carbons (Fsp3) is 0.771. The van der Waals surface area contributed by atoms with Crippen molar-refractivity contribution < 1.29 is 23.2 Å². The van der Waals surface area contributed by atoms with E-state index >= 15 is 0 Å². The Morgan fingerprint density at radius 3 is 2.02 bits per heavy atom. The minimum atomic E-state index is -2.17. The summed E-state index contributed by atoms with van der Waals surface area (Å²) in [5.74, 6) is -0.646. The third-order valence-electron chi connectivity index (χ3n) is 10.4. The summed E-state index contributed by atoms with van der Waals surface area (Å²) in [4.78, 5) is 28.1. The van der Waals surface area contributed by atoms with Crippen molar-refractivity contribution >= 4 is 28.4 Å². The molecular formula is C35H64O5Si2.